The van der Waals surface area contributed by atoms with Crippen LogP contribution in [0.2, 0.25) is 5.02 Å². The van der Waals surface area contributed by atoms with Gasteiger partial charge in [0, 0.05) is 12.7 Å². The van der Waals surface area contributed by atoms with Gasteiger partial charge >= 0.3 is 0 Å². The Morgan fingerprint density at radius 1 is 1.37 bits per heavy atom. The molecule has 1 aliphatic heterocycles. The molecular weight excluding hydrogens is 384 g/mol. The van der Waals surface area contributed by atoms with E-state index in [1.165, 1.54) is 11.3 Å². The minimum absolute atomic E-state index is 0.0120. The highest BCUT2D eigenvalue weighted by molar-refractivity contribution is 7.22. The van der Waals surface area contributed by atoms with Gasteiger partial charge in [0.05, 0.1) is 40.6 Å². The largest absolute Gasteiger partial charge is 0.497 e. The third-order valence-electron chi connectivity index (χ3n) is 4.57. The van der Waals surface area contributed by atoms with Crippen molar-refractivity contribution in [2.45, 2.75) is 18.9 Å². The SMILES string of the molecule is COc1ccc2sc(N(CC3CCCO3)C(=O)c3ccccc3Cl)nc2c1. The van der Waals surface area contributed by atoms with Crippen LogP contribution in [0.5, 0.6) is 5.75 Å². The van der Waals surface area contributed by atoms with Crippen molar-refractivity contribution in [1.82, 2.24) is 4.98 Å². The number of thiazole rings is 1. The number of anilines is 1. The highest BCUT2D eigenvalue weighted by Gasteiger charge is 2.28. The second-order valence-electron chi connectivity index (χ2n) is 6.36. The Hall–Kier alpha value is -2.15. The maximum Gasteiger partial charge on any atom is 0.261 e. The van der Waals surface area contributed by atoms with Crippen LogP contribution in [0.4, 0.5) is 5.13 Å². The average molecular weight is 403 g/mol. The number of hydrogen-bond acceptors (Lipinski definition) is 5. The van der Waals surface area contributed by atoms with Gasteiger partial charge in [0.25, 0.3) is 5.91 Å². The molecule has 1 fully saturated rings. The average Bonchev–Trinajstić information content (AvgIpc) is 3.34. The monoisotopic (exact) mass is 402 g/mol. The van der Waals surface area contributed by atoms with E-state index in [0.29, 0.717) is 22.3 Å². The molecule has 7 heteroatoms. The summed E-state index contributed by atoms with van der Waals surface area (Å²) in [5.74, 6) is 0.574. The minimum Gasteiger partial charge on any atom is -0.497 e. The number of carbonyl (C=O) groups is 1. The predicted molar refractivity (Wildman–Crippen MR) is 108 cm³/mol. The van der Waals surface area contributed by atoms with Crippen LogP contribution < -0.4 is 9.64 Å². The summed E-state index contributed by atoms with van der Waals surface area (Å²) in [6.45, 7) is 1.19. The summed E-state index contributed by atoms with van der Waals surface area (Å²) < 4.78 is 12.0. The van der Waals surface area contributed by atoms with Gasteiger partial charge < -0.3 is 9.47 Å². The molecule has 0 bridgehead atoms. The van der Waals surface area contributed by atoms with Crippen LogP contribution in [0.25, 0.3) is 10.2 Å². The molecule has 1 aromatic heterocycles. The van der Waals surface area contributed by atoms with E-state index in [0.717, 1.165) is 35.4 Å². The fourth-order valence-electron chi connectivity index (χ4n) is 3.16. The van der Waals surface area contributed by atoms with Crippen molar-refractivity contribution in [2.75, 3.05) is 25.2 Å². The lowest BCUT2D eigenvalue weighted by Gasteiger charge is -2.23. The zero-order valence-electron chi connectivity index (χ0n) is 14.9. The molecule has 0 spiro atoms. The van der Waals surface area contributed by atoms with Gasteiger partial charge in [-0.1, -0.05) is 35.1 Å². The number of halogens is 1. The van der Waals surface area contributed by atoms with E-state index in [1.807, 2.05) is 30.3 Å². The van der Waals surface area contributed by atoms with Gasteiger partial charge in [-0.3, -0.25) is 9.69 Å². The zero-order valence-corrected chi connectivity index (χ0v) is 16.4. The van der Waals surface area contributed by atoms with Crippen LogP contribution in [-0.4, -0.2) is 37.3 Å². The Kier molecular flexibility index (Phi) is 5.29. The van der Waals surface area contributed by atoms with Crippen LogP contribution in [0.3, 0.4) is 0 Å². The fraction of sp³-hybridized carbons (Fsp3) is 0.300. The van der Waals surface area contributed by atoms with Crippen molar-refractivity contribution in [2.24, 2.45) is 0 Å². The number of carbonyl (C=O) groups excluding carboxylic acids is 1. The Bertz CT molecular complexity index is 969. The first-order chi connectivity index (χ1) is 13.2. The molecule has 1 aliphatic rings. The van der Waals surface area contributed by atoms with Gasteiger partial charge in [-0.05, 0) is 37.1 Å². The van der Waals surface area contributed by atoms with Crippen LogP contribution in [-0.2, 0) is 4.74 Å². The summed E-state index contributed by atoms with van der Waals surface area (Å²) in [5.41, 5.74) is 1.27. The lowest BCUT2D eigenvalue weighted by molar-refractivity contribution is 0.0917. The lowest BCUT2D eigenvalue weighted by Crippen LogP contribution is -2.37. The molecule has 0 radical (unpaired) electrons. The fourth-order valence-corrected chi connectivity index (χ4v) is 4.33. The van der Waals surface area contributed by atoms with Crippen molar-refractivity contribution < 1.29 is 14.3 Å². The van der Waals surface area contributed by atoms with E-state index >= 15 is 0 Å². The van der Waals surface area contributed by atoms with Gasteiger partial charge in [0.15, 0.2) is 5.13 Å². The molecule has 1 unspecified atom stereocenters. The molecule has 27 heavy (non-hydrogen) atoms. The van der Waals surface area contributed by atoms with E-state index in [4.69, 9.17) is 21.1 Å². The van der Waals surface area contributed by atoms with E-state index in [9.17, 15) is 4.79 Å². The number of benzene rings is 2. The number of aromatic nitrogens is 1. The number of fused-ring (bicyclic) bond motifs is 1. The molecule has 2 aromatic carbocycles. The summed E-state index contributed by atoms with van der Waals surface area (Å²) in [5, 5.41) is 1.07. The molecule has 4 rings (SSSR count). The van der Waals surface area contributed by atoms with Gasteiger partial charge in [0.1, 0.15) is 5.75 Å². The second-order valence-corrected chi connectivity index (χ2v) is 7.78. The molecule has 1 atom stereocenters. The van der Waals surface area contributed by atoms with Crippen molar-refractivity contribution >= 4 is 44.2 Å². The zero-order chi connectivity index (χ0) is 18.8. The number of amides is 1. The molecule has 2 heterocycles. The topological polar surface area (TPSA) is 51.7 Å². The summed E-state index contributed by atoms with van der Waals surface area (Å²) in [7, 11) is 1.62. The van der Waals surface area contributed by atoms with E-state index in [-0.39, 0.29) is 12.0 Å². The lowest BCUT2D eigenvalue weighted by atomic mass is 10.1. The molecule has 1 amide bonds. The molecule has 5 nitrogen and oxygen atoms in total. The highest BCUT2D eigenvalue weighted by atomic mass is 35.5. The quantitative estimate of drug-likeness (QED) is 0.616. The molecule has 0 aliphatic carbocycles. The smallest absolute Gasteiger partial charge is 0.261 e. The summed E-state index contributed by atoms with van der Waals surface area (Å²) >= 11 is 7.75. The molecule has 0 N–H and O–H groups in total. The van der Waals surface area contributed by atoms with Gasteiger partial charge in [-0.25, -0.2) is 4.98 Å². The van der Waals surface area contributed by atoms with Crippen LogP contribution in [0, 0.1) is 0 Å². The Balaban J connectivity index is 1.73. The highest BCUT2D eigenvalue weighted by Crippen LogP contribution is 2.33. The maximum atomic E-state index is 13.3. The standard InChI is InChI=1S/C20H19ClN2O3S/c1-25-13-8-9-18-17(11-13)22-20(27-18)23(12-14-5-4-10-26-14)19(24)15-6-2-3-7-16(15)21/h2-3,6-9,11,14H,4-5,10,12H2,1H3. The molecule has 3 aromatic rings. The van der Waals surface area contributed by atoms with Gasteiger partial charge in [-0.2, -0.15) is 0 Å². The predicted octanol–water partition coefficient (Wildman–Crippen LogP) is 4.78. The summed E-state index contributed by atoms with van der Waals surface area (Å²) in [6.07, 6.45) is 1.96. The van der Waals surface area contributed by atoms with E-state index in [1.54, 1.807) is 24.1 Å². The van der Waals surface area contributed by atoms with Crippen molar-refractivity contribution in [3.63, 3.8) is 0 Å². The third-order valence-corrected chi connectivity index (χ3v) is 5.96. The summed E-state index contributed by atoms with van der Waals surface area (Å²) in [6, 6.07) is 12.8. The number of nitrogens with zero attached hydrogens (tertiary/aromatic N) is 2. The van der Waals surface area contributed by atoms with Crippen molar-refractivity contribution in [3.05, 3.63) is 53.1 Å². The van der Waals surface area contributed by atoms with Crippen molar-refractivity contribution in [1.29, 1.82) is 0 Å². The maximum absolute atomic E-state index is 13.3. The Morgan fingerprint density at radius 3 is 2.96 bits per heavy atom. The second kappa shape index (κ2) is 7.84. The Labute approximate surface area is 166 Å². The number of ether oxygens (including phenoxy) is 2. The Morgan fingerprint density at radius 2 is 2.22 bits per heavy atom. The van der Waals surface area contributed by atoms with Crippen LogP contribution >= 0.6 is 22.9 Å². The summed E-state index contributed by atoms with van der Waals surface area (Å²) in [4.78, 5) is 19.7. The van der Waals surface area contributed by atoms with Gasteiger partial charge in [-0.15, -0.1) is 0 Å². The third kappa shape index (κ3) is 3.78. The minimum atomic E-state index is -0.165. The molecule has 140 valence electrons. The first-order valence-corrected chi connectivity index (χ1v) is 9.98. The van der Waals surface area contributed by atoms with E-state index < -0.39 is 0 Å². The molecule has 0 saturated carbocycles. The molecule has 1 saturated heterocycles. The normalized spacial score (nSPS) is 16.6. The number of methoxy groups -OCH3 is 1. The van der Waals surface area contributed by atoms with Crippen LogP contribution in [0.1, 0.15) is 23.2 Å². The first-order valence-electron chi connectivity index (χ1n) is 8.78. The number of rotatable bonds is 5. The van der Waals surface area contributed by atoms with Crippen LogP contribution in [0.15, 0.2) is 42.5 Å². The number of hydrogen-bond donors (Lipinski definition) is 0. The van der Waals surface area contributed by atoms with E-state index in [2.05, 4.69) is 4.98 Å². The van der Waals surface area contributed by atoms with Crippen molar-refractivity contribution in [3.8, 4) is 5.75 Å². The first kappa shape index (κ1) is 18.2. The van der Waals surface area contributed by atoms with Gasteiger partial charge in [0.2, 0.25) is 0 Å². The molecular formula is C20H19ClN2O3S.